The van der Waals surface area contributed by atoms with Crippen LogP contribution in [0.4, 0.5) is 15.8 Å². The van der Waals surface area contributed by atoms with E-state index in [1.165, 1.54) is 48.5 Å². The summed E-state index contributed by atoms with van der Waals surface area (Å²) in [5.74, 6) is -1.98. The maximum Gasteiger partial charge on any atom is 0.343 e. The number of aliphatic imine (C=N–C) groups is 1. The maximum atomic E-state index is 12.9. The number of hydrogen-bond donors (Lipinski definition) is 1. The van der Waals surface area contributed by atoms with Gasteiger partial charge in [0.2, 0.25) is 0 Å². The van der Waals surface area contributed by atoms with Crippen LogP contribution >= 0.6 is 0 Å². The Morgan fingerprint density at radius 2 is 1.92 bits per heavy atom. The Balaban J connectivity index is 2.53. The Morgan fingerprint density at radius 1 is 1.27 bits per heavy atom. The van der Waals surface area contributed by atoms with E-state index in [1.54, 1.807) is 6.92 Å². The molecular weight excluding hydrogens is 343 g/mol. The monoisotopic (exact) mass is 358 g/mol. The molecular formula is C18H15FN2O5. The highest BCUT2D eigenvalue weighted by Gasteiger charge is 2.22. The van der Waals surface area contributed by atoms with Crippen LogP contribution in [0.3, 0.4) is 0 Å². The number of halogens is 1. The highest BCUT2D eigenvalue weighted by Crippen LogP contribution is 2.26. The highest BCUT2D eigenvalue weighted by atomic mass is 19.1. The molecule has 0 amide bonds. The van der Waals surface area contributed by atoms with Gasteiger partial charge in [0.15, 0.2) is 0 Å². The second-order valence-electron chi connectivity index (χ2n) is 4.99. The normalized spacial score (nSPS) is 11.9. The lowest BCUT2D eigenvalue weighted by Gasteiger charge is -2.07. The zero-order valence-corrected chi connectivity index (χ0v) is 13.8. The van der Waals surface area contributed by atoms with Crippen molar-refractivity contribution in [2.75, 3.05) is 6.61 Å². The van der Waals surface area contributed by atoms with Crippen molar-refractivity contribution in [3.63, 3.8) is 0 Å². The van der Waals surface area contributed by atoms with Crippen LogP contribution in [0.5, 0.6) is 0 Å². The predicted octanol–water partition coefficient (Wildman–Crippen LogP) is 3.97. The standard InChI is InChI=1S/C18H15FN2O5/c1-2-26-18(23)15(11-20-13-9-7-12(19)8-10-13)17(22)14-5-3-4-6-16(14)21(24)25/h3-11,22H,2H2,1H3/b17-15+,20-11?. The first-order valence-corrected chi connectivity index (χ1v) is 7.57. The van der Waals surface area contributed by atoms with E-state index < -0.39 is 22.5 Å². The van der Waals surface area contributed by atoms with Gasteiger partial charge in [0, 0.05) is 12.3 Å². The lowest BCUT2D eigenvalue weighted by molar-refractivity contribution is -0.385. The average molecular weight is 358 g/mol. The number of aliphatic hydroxyl groups is 1. The number of rotatable bonds is 6. The van der Waals surface area contributed by atoms with Crippen LogP contribution in [0.25, 0.3) is 5.76 Å². The molecule has 0 aliphatic rings. The van der Waals surface area contributed by atoms with Crippen LogP contribution in [-0.2, 0) is 9.53 Å². The number of nitrogens with zero attached hydrogens (tertiary/aromatic N) is 2. The average Bonchev–Trinajstić information content (AvgIpc) is 2.63. The SMILES string of the molecule is CCOC(=O)/C(C=Nc1ccc(F)cc1)=C(/O)c1ccccc1[N+](=O)[O-]. The fourth-order valence-electron chi connectivity index (χ4n) is 2.06. The van der Waals surface area contributed by atoms with Crippen molar-refractivity contribution in [3.8, 4) is 0 Å². The molecule has 0 atom stereocenters. The predicted molar refractivity (Wildman–Crippen MR) is 93.8 cm³/mol. The van der Waals surface area contributed by atoms with Crippen LogP contribution in [0.15, 0.2) is 59.1 Å². The van der Waals surface area contributed by atoms with Crippen molar-refractivity contribution < 1.29 is 24.0 Å². The highest BCUT2D eigenvalue weighted by molar-refractivity contribution is 6.15. The molecule has 0 saturated heterocycles. The van der Waals surface area contributed by atoms with Gasteiger partial charge in [-0.25, -0.2) is 9.18 Å². The molecule has 0 fully saturated rings. The molecule has 2 rings (SSSR count). The van der Waals surface area contributed by atoms with Gasteiger partial charge < -0.3 is 9.84 Å². The number of hydrogen-bond acceptors (Lipinski definition) is 6. The molecule has 8 heteroatoms. The molecule has 0 heterocycles. The zero-order valence-electron chi connectivity index (χ0n) is 13.8. The van der Waals surface area contributed by atoms with E-state index in [4.69, 9.17) is 4.74 Å². The molecule has 0 aliphatic carbocycles. The molecule has 2 aromatic carbocycles. The van der Waals surface area contributed by atoms with Gasteiger partial charge in [-0.1, -0.05) is 12.1 Å². The van der Waals surface area contributed by atoms with Gasteiger partial charge in [-0.15, -0.1) is 0 Å². The third-order valence-corrected chi connectivity index (χ3v) is 3.28. The minimum atomic E-state index is -0.894. The molecule has 0 aromatic heterocycles. The van der Waals surface area contributed by atoms with E-state index in [-0.39, 0.29) is 23.4 Å². The smallest absolute Gasteiger partial charge is 0.343 e. The van der Waals surface area contributed by atoms with Crippen LogP contribution in [0.1, 0.15) is 12.5 Å². The summed E-state index contributed by atoms with van der Waals surface area (Å²) in [5, 5.41) is 21.6. The van der Waals surface area contributed by atoms with Crippen molar-refractivity contribution in [1.29, 1.82) is 0 Å². The van der Waals surface area contributed by atoms with Gasteiger partial charge in [-0.05, 0) is 37.3 Å². The largest absolute Gasteiger partial charge is 0.506 e. The summed E-state index contributed by atoms with van der Waals surface area (Å²) in [5.41, 5.74) is -0.554. The van der Waals surface area contributed by atoms with Gasteiger partial charge in [0.25, 0.3) is 5.69 Å². The Kier molecular flexibility index (Phi) is 6.15. The van der Waals surface area contributed by atoms with Crippen LogP contribution in [-0.4, -0.2) is 28.8 Å². The Labute approximate surface area is 148 Å². The molecule has 0 aliphatic heterocycles. The number of nitro benzene ring substituents is 1. The van der Waals surface area contributed by atoms with E-state index in [2.05, 4.69) is 4.99 Å². The van der Waals surface area contributed by atoms with Gasteiger partial charge in [-0.2, -0.15) is 0 Å². The molecule has 0 bridgehead atoms. The second kappa shape index (κ2) is 8.52. The van der Waals surface area contributed by atoms with E-state index in [0.29, 0.717) is 5.69 Å². The lowest BCUT2D eigenvalue weighted by Crippen LogP contribution is -2.11. The Bertz CT molecular complexity index is 875. The van der Waals surface area contributed by atoms with E-state index in [1.807, 2.05) is 0 Å². The minimum absolute atomic E-state index is 0.0386. The number of carbonyl (C=O) groups excluding carboxylic acids is 1. The van der Waals surface area contributed by atoms with Gasteiger partial charge in [0.05, 0.1) is 22.8 Å². The van der Waals surface area contributed by atoms with Crippen molar-refractivity contribution in [1.82, 2.24) is 0 Å². The lowest BCUT2D eigenvalue weighted by atomic mass is 10.1. The first-order valence-electron chi connectivity index (χ1n) is 7.57. The summed E-state index contributed by atoms with van der Waals surface area (Å²) in [6, 6.07) is 10.5. The quantitative estimate of drug-likeness (QED) is 0.210. The first kappa shape index (κ1) is 18.8. The second-order valence-corrected chi connectivity index (χ2v) is 4.99. The molecule has 1 N–H and O–H groups in total. The molecule has 0 saturated carbocycles. The van der Waals surface area contributed by atoms with Gasteiger partial charge in [-0.3, -0.25) is 15.1 Å². The van der Waals surface area contributed by atoms with E-state index in [9.17, 15) is 24.4 Å². The number of carbonyl (C=O) groups is 1. The molecule has 0 radical (unpaired) electrons. The van der Waals surface area contributed by atoms with Crippen LogP contribution in [0.2, 0.25) is 0 Å². The van der Waals surface area contributed by atoms with Crippen LogP contribution in [0, 0.1) is 15.9 Å². The number of esters is 1. The number of nitro groups is 1. The number of para-hydroxylation sites is 1. The van der Waals surface area contributed by atoms with Crippen molar-refractivity contribution >= 4 is 29.3 Å². The van der Waals surface area contributed by atoms with Crippen LogP contribution < -0.4 is 0 Å². The molecule has 26 heavy (non-hydrogen) atoms. The van der Waals surface area contributed by atoms with Gasteiger partial charge >= 0.3 is 5.97 Å². The number of ether oxygens (including phenoxy) is 1. The van der Waals surface area contributed by atoms with E-state index >= 15 is 0 Å². The summed E-state index contributed by atoms with van der Waals surface area (Å²) in [4.78, 5) is 26.6. The summed E-state index contributed by atoms with van der Waals surface area (Å²) >= 11 is 0. The fourth-order valence-corrected chi connectivity index (χ4v) is 2.06. The number of benzene rings is 2. The molecule has 7 nitrogen and oxygen atoms in total. The summed E-state index contributed by atoms with van der Waals surface area (Å²) in [6.07, 6.45) is 1.03. The topological polar surface area (TPSA) is 102 Å². The first-order chi connectivity index (χ1) is 12.4. The Morgan fingerprint density at radius 3 is 2.54 bits per heavy atom. The summed E-state index contributed by atoms with van der Waals surface area (Å²) in [7, 11) is 0. The molecule has 2 aromatic rings. The van der Waals surface area contributed by atoms with Crippen molar-refractivity contribution in [2.24, 2.45) is 4.99 Å². The minimum Gasteiger partial charge on any atom is -0.506 e. The molecule has 134 valence electrons. The Hall–Kier alpha value is -3.55. The zero-order chi connectivity index (χ0) is 19.1. The summed E-state index contributed by atoms with van der Waals surface area (Å²) in [6.45, 7) is 1.62. The number of aliphatic hydroxyl groups excluding tert-OH is 1. The van der Waals surface area contributed by atoms with Crippen molar-refractivity contribution in [3.05, 3.63) is 75.6 Å². The molecule has 0 unspecified atom stereocenters. The summed E-state index contributed by atoms with van der Waals surface area (Å²) < 4.78 is 17.8. The third-order valence-electron chi connectivity index (χ3n) is 3.28. The fraction of sp³-hybridized carbons (Fsp3) is 0.111. The third kappa shape index (κ3) is 4.50. The molecule has 0 spiro atoms. The maximum absolute atomic E-state index is 12.9. The van der Waals surface area contributed by atoms with Gasteiger partial charge in [0.1, 0.15) is 17.1 Å². The van der Waals surface area contributed by atoms with Crippen molar-refractivity contribution in [2.45, 2.75) is 6.92 Å². The van der Waals surface area contributed by atoms with E-state index in [0.717, 1.165) is 6.21 Å².